The lowest BCUT2D eigenvalue weighted by Gasteiger charge is -2.43. The number of hydrogen-bond donors (Lipinski definition) is 0. The number of Topliss-reactive ketones (excluding diaryl/α,β-unsaturated/α-hetero) is 1. The average molecular weight is 506 g/mol. The summed E-state index contributed by atoms with van der Waals surface area (Å²) in [5, 5.41) is 0. The van der Waals surface area contributed by atoms with Crippen LogP contribution in [0.3, 0.4) is 0 Å². The number of rotatable bonds is 5. The third-order valence-corrected chi connectivity index (χ3v) is 7.01. The summed E-state index contributed by atoms with van der Waals surface area (Å²) < 4.78 is 0.788. The topological polar surface area (TPSA) is 20.3 Å². The maximum absolute atomic E-state index is 14.0. The van der Waals surface area contributed by atoms with E-state index in [1.165, 1.54) is 0 Å². The van der Waals surface area contributed by atoms with Gasteiger partial charge in [-0.3, -0.25) is 4.79 Å². The van der Waals surface area contributed by atoms with E-state index < -0.39 is 5.54 Å². The Morgan fingerprint density at radius 2 is 1.29 bits per heavy atom. The van der Waals surface area contributed by atoms with E-state index in [9.17, 15) is 4.79 Å². The molecule has 34 heavy (non-hydrogen) atoms. The van der Waals surface area contributed by atoms with Gasteiger partial charge in [0.25, 0.3) is 0 Å². The second kappa shape index (κ2) is 9.28. The summed E-state index contributed by atoms with van der Waals surface area (Å²) in [6.07, 6.45) is 4.25. The van der Waals surface area contributed by atoms with Gasteiger partial charge in [-0.2, -0.15) is 0 Å². The number of nitrogens with zero attached hydrogens (tertiary/aromatic N) is 1. The lowest BCUT2D eigenvalue weighted by atomic mass is 9.80. The van der Waals surface area contributed by atoms with Gasteiger partial charge in [-0.25, -0.2) is 0 Å². The molecule has 1 heterocycles. The Balaban J connectivity index is 1.76. The number of ketones is 1. The molecule has 0 aromatic heterocycles. The Morgan fingerprint density at radius 3 is 1.94 bits per heavy atom. The molecule has 2 nitrogen and oxygen atoms in total. The number of carbonyl (C=O) groups is 1. The van der Waals surface area contributed by atoms with Gasteiger partial charge in [0.1, 0.15) is 0 Å². The molecule has 166 valence electrons. The molecule has 0 fully saturated rings. The number of halogens is 1. The highest BCUT2D eigenvalue weighted by Crippen LogP contribution is 2.44. The van der Waals surface area contributed by atoms with Crippen molar-refractivity contribution >= 4 is 33.0 Å². The van der Waals surface area contributed by atoms with Crippen LogP contribution in [0.2, 0.25) is 0 Å². The molecule has 0 amide bonds. The van der Waals surface area contributed by atoms with Crippen molar-refractivity contribution in [1.82, 2.24) is 0 Å². The molecule has 1 unspecified atom stereocenters. The molecule has 0 aliphatic carbocycles. The highest BCUT2D eigenvalue weighted by atomic mass is 79.9. The minimum Gasteiger partial charge on any atom is -0.334 e. The van der Waals surface area contributed by atoms with Crippen molar-refractivity contribution in [3.8, 4) is 0 Å². The molecule has 0 spiro atoms. The first-order valence-electron chi connectivity index (χ1n) is 11.3. The number of para-hydroxylation sites is 1. The van der Waals surface area contributed by atoms with Gasteiger partial charge >= 0.3 is 0 Å². The predicted octanol–water partition coefficient (Wildman–Crippen LogP) is 8.03. The molecule has 0 N–H and O–H groups in total. The fourth-order valence-electron chi connectivity index (χ4n) is 4.52. The standard InChI is InChI=1S/C31H24BrNO/c1-31(24-15-7-3-8-16-24)21-27(23-13-5-2-6-14-23)28(22-33(31)25-17-9-4-10-18-25)30(34)26-19-11-12-20-29(26)32/h2-22H,1H3. The number of anilines is 1. The van der Waals surface area contributed by atoms with E-state index in [0.29, 0.717) is 11.1 Å². The summed E-state index contributed by atoms with van der Waals surface area (Å²) in [6, 6.07) is 38.4. The maximum Gasteiger partial charge on any atom is 0.196 e. The van der Waals surface area contributed by atoms with Crippen LogP contribution >= 0.6 is 15.9 Å². The summed E-state index contributed by atoms with van der Waals surface area (Å²) in [7, 11) is 0. The Kier molecular flexibility index (Phi) is 6.04. The number of benzene rings is 4. The lowest BCUT2D eigenvalue weighted by molar-refractivity contribution is 0.103. The summed E-state index contributed by atoms with van der Waals surface area (Å²) in [4.78, 5) is 16.2. The molecule has 1 atom stereocenters. The molecular weight excluding hydrogens is 482 g/mol. The van der Waals surface area contributed by atoms with Crippen molar-refractivity contribution in [1.29, 1.82) is 0 Å². The van der Waals surface area contributed by atoms with E-state index in [1.54, 1.807) is 0 Å². The zero-order chi connectivity index (χ0) is 23.5. The zero-order valence-electron chi connectivity index (χ0n) is 18.9. The molecule has 4 aromatic rings. The van der Waals surface area contributed by atoms with E-state index >= 15 is 0 Å². The largest absolute Gasteiger partial charge is 0.334 e. The summed E-state index contributed by atoms with van der Waals surface area (Å²) in [5.41, 5.74) is 4.93. The Bertz CT molecular complexity index is 1380. The summed E-state index contributed by atoms with van der Waals surface area (Å²) >= 11 is 3.58. The van der Waals surface area contributed by atoms with Crippen molar-refractivity contribution in [3.63, 3.8) is 0 Å². The molecule has 1 aliphatic rings. The Hall–Kier alpha value is -3.69. The second-order valence-corrected chi connectivity index (χ2v) is 9.35. The van der Waals surface area contributed by atoms with Gasteiger partial charge in [0.2, 0.25) is 0 Å². The molecule has 0 bridgehead atoms. The van der Waals surface area contributed by atoms with Crippen molar-refractivity contribution < 1.29 is 4.79 Å². The quantitative estimate of drug-likeness (QED) is 0.256. The average Bonchev–Trinajstić information content (AvgIpc) is 2.90. The molecule has 3 heteroatoms. The van der Waals surface area contributed by atoms with Gasteiger partial charge in [-0.1, -0.05) is 107 Å². The SMILES string of the molecule is CC1(c2ccccc2)C=C(c2ccccc2)C(C(=O)c2ccccc2Br)=CN1c1ccccc1. The lowest BCUT2D eigenvalue weighted by Crippen LogP contribution is -2.42. The van der Waals surface area contributed by atoms with Gasteiger partial charge < -0.3 is 4.90 Å². The van der Waals surface area contributed by atoms with Crippen LogP contribution in [-0.2, 0) is 5.54 Å². The van der Waals surface area contributed by atoms with Crippen LogP contribution in [-0.4, -0.2) is 5.78 Å². The van der Waals surface area contributed by atoms with Crippen LogP contribution in [0.25, 0.3) is 5.57 Å². The normalized spacial score (nSPS) is 17.6. The number of hydrogen-bond acceptors (Lipinski definition) is 2. The van der Waals surface area contributed by atoms with Crippen LogP contribution < -0.4 is 4.90 Å². The van der Waals surface area contributed by atoms with E-state index in [1.807, 2.05) is 72.9 Å². The predicted molar refractivity (Wildman–Crippen MR) is 144 cm³/mol. The zero-order valence-corrected chi connectivity index (χ0v) is 20.4. The second-order valence-electron chi connectivity index (χ2n) is 8.49. The Labute approximate surface area is 209 Å². The van der Waals surface area contributed by atoms with E-state index in [0.717, 1.165) is 26.9 Å². The highest BCUT2D eigenvalue weighted by molar-refractivity contribution is 9.10. The molecule has 5 rings (SSSR count). The van der Waals surface area contributed by atoms with Crippen molar-refractivity contribution in [2.24, 2.45) is 0 Å². The van der Waals surface area contributed by atoms with E-state index in [-0.39, 0.29) is 5.78 Å². The molecule has 4 aromatic carbocycles. The van der Waals surface area contributed by atoms with Crippen molar-refractivity contribution in [3.05, 3.63) is 154 Å². The van der Waals surface area contributed by atoms with Crippen LogP contribution in [0.4, 0.5) is 5.69 Å². The number of allylic oxidation sites excluding steroid dienone is 2. The summed E-state index contributed by atoms with van der Waals surface area (Å²) in [6.45, 7) is 2.20. The smallest absolute Gasteiger partial charge is 0.196 e. The van der Waals surface area contributed by atoms with Gasteiger partial charge in [-0.15, -0.1) is 0 Å². The molecule has 0 saturated heterocycles. The van der Waals surface area contributed by atoms with Crippen LogP contribution in [0.15, 0.2) is 138 Å². The maximum atomic E-state index is 14.0. The van der Waals surface area contributed by atoms with Crippen LogP contribution in [0.1, 0.15) is 28.4 Å². The van der Waals surface area contributed by atoms with Gasteiger partial charge in [0, 0.05) is 27.5 Å². The van der Waals surface area contributed by atoms with Crippen LogP contribution in [0, 0.1) is 0 Å². The first-order valence-corrected chi connectivity index (χ1v) is 12.1. The summed E-state index contributed by atoms with van der Waals surface area (Å²) in [5.74, 6) is -0.0152. The molecule has 0 radical (unpaired) electrons. The van der Waals surface area contributed by atoms with Crippen molar-refractivity contribution in [2.45, 2.75) is 12.5 Å². The fraction of sp³-hybridized carbons (Fsp3) is 0.0645. The van der Waals surface area contributed by atoms with Gasteiger partial charge in [-0.05, 0) is 54.0 Å². The van der Waals surface area contributed by atoms with Gasteiger partial charge in [0.05, 0.1) is 5.54 Å². The van der Waals surface area contributed by atoms with Crippen LogP contribution in [0.5, 0.6) is 0 Å². The fourth-order valence-corrected chi connectivity index (χ4v) is 4.98. The third-order valence-electron chi connectivity index (χ3n) is 6.31. The number of carbonyl (C=O) groups excluding carboxylic acids is 1. The monoisotopic (exact) mass is 505 g/mol. The van der Waals surface area contributed by atoms with E-state index in [4.69, 9.17) is 0 Å². The first-order chi connectivity index (χ1) is 16.6. The highest BCUT2D eigenvalue weighted by Gasteiger charge is 2.37. The third kappa shape index (κ3) is 4.04. The Morgan fingerprint density at radius 1 is 0.735 bits per heavy atom. The molecule has 1 aliphatic heterocycles. The minimum atomic E-state index is -0.495. The van der Waals surface area contributed by atoms with Gasteiger partial charge in [0.15, 0.2) is 5.78 Å². The van der Waals surface area contributed by atoms with E-state index in [2.05, 4.69) is 82.4 Å². The molecule has 0 saturated carbocycles. The minimum absolute atomic E-state index is 0.0152. The first kappa shape index (κ1) is 22.1. The molecular formula is C31H24BrNO. The van der Waals surface area contributed by atoms with Crippen molar-refractivity contribution in [2.75, 3.05) is 4.90 Å².